The number of aromatic nitrogens is 3. The maximum atomic E-state index is 11.4. The van der Waals surface area contributed by atoms with E-state index in [-0.39, 0.29) is 5.91 Å². The highest BCUT2D eigenvalue weighted by atomic mass is 16.1. The van der Waals surface area contributed by atoms with Gasteiger partial charge in [0.2, 0.25) is 5.91 Å². The van der Waals surface area contributed by atoms with Crippen molar-refractivity contribution < 1.29 is 4.79 Å². The van der Waals surface area contributed by atoms with Crippen molar-refractivity contribution in [2.75, 3.05) is 13.1 Å². The Morgan fingerprint density at radius 3 is 3.12 bits per heavy atom. The molecule has 0 aliphatic carbocycles. The van der Waals surface area contributed by atoms with E-state index in [1.807, 2.05) is 35.7 Å². The summed E-state index contributed by atoms with van der Waals surface area (Å²) in [7, 11) is 0. The van der Waals surface area contributed by atoms with Crippen LogP contribution in [0.25, 0.3) is 5.65 Å². The maximum absolute atomic E-state index is 11.4. The predicted molar refractivity (Wildman–Crippen MR) is 63.4 cm³/mol. The molecule has 0 saturated carbocycles. The smallest absolute Gasteiger partial charge is 0.234 e. The number of hydrogen-bond donors (Lipinski definition) is 2. The quantitative estimate of drug-likeness (QED) is 0.760. The number of carbonyl (C=O) groups excluding carboxylic acids is 1. The highest BCUT2D eigenvalue weighted by molar-refractivity contribution is 5.77. The lowest BCUT2D eigenvalue weighted by Gasteiger charge is -2.04. The van der Waals surface area contributed by atoms with E-state index in [0.717, 1.165) is 18.0 Å². The minimum atomic E-state index is -0.0421. The van der Waals surface area contributed by atoms with Crippen molar-refractivity contribution in [3.63, 3.8) is 0 Å². The zero-order chi connectivity index (χ0) is 12.1. The Morgan fingerprint density at radius 1 is 1.41 bits per heavy atom. The van der Waals surface area contributed by atoms with Gasteiger partial charge in [-0.1, -0.05) is 13.0 Å². The summed E-state index contributed by atoms with van der Waals surface area (Å²) in [5.74, 6) is 0.685. The van der Waals surface area contributed by atoms with Crippen molar-refractivity contribution in [1.29, 1.82) is 0 Å². The van der Waals surface area contributed by atoms with Gasteiger partial charge in [-0.3, -0.25) is 9.20 Å². The highest BCUT2D eigenvalue weighted by Crippen LogP contribution is 2.01. The van der Waals surface area contributed by atoms with Gasteiger partial charge in [-0.05, 0) is 18.7 Å². The fourth-order valence-electron chi connectivity index (χ4n) is 1.49. The molecule has 0 spiro atoms. The fraction of sp³-hybridized carbons (Fsp3) is 0.364. The summed E-state index contributed by atoms with van der Waals surface area (Å²) in [5.41, 5.74) is 0.781. The topological polar surface area (TPSA) is 71.3 Å². The molecule has 0 fully saturated rings. The summed E-state index contributed by atoms with van der Waals surface area (Å²) < 4.78 is 1.85. The minimum absolute atomic E-state index is 0.0421. The van der Waals surface area contributed by atoms with Crippen LogP contribution in [0.2, 0.25) is 0 Å². The second kappa shape index (κ2) is 5.40. The molecule has 0 radical (unpaired) electrons. The molecule has 0 unspecified atom stereocenters. The van der Waals surface area contributed by atoms with Crippen LogP contribution in [-0.2, 0) is 11.3 Å². The normalized spacial score (nSPS) is 10.6. The largest absolute Gasteiger partial charge is 0.348 e. The van der Waals surface area contributed by atoms with Crippen LogP contribution in [0, 0.1) is 0 Å². The molecule has 0 bridgehead atoms. The van der Waals surface area contributed by atoms with Gasteiger partial charge in [0.15, 0.2) is 11.5 Å². The van der Waals surface area contributed by atoms with Crippen molar-refractivity contribution in [3.8, 4) is 0 Å². The van der Waals surface area contributed by atoms with Crippen molar-refractivity contribution in [3.05, 3.63) is 30.2 Å². The summed E-state index contributed by atoms with van der Waals surface area (Å²) in [5, 5.41) is 13.8. The Labute approximate surface area is 99.0 Å². The fourth-order valence-corrected chi connectivity index (χ4v) is 1.49. The molecule has 2 rings (SSSR count). The third kappa shape index (κ3) is 2.79. The monoisotopic (exact) mass is 233 g/mol. The molecule has 1 amide bonds. The zero-order valence-electron chi connectivity index (χ0n) is 9.68. The second-order valence-electron chi connectivity index (χ2n) is 3.60. The number of rotatable bonds is 5. The Morgan fingerprint density at radius 2 is 2.29 bits per heavy atom. The maximum Gasteiger partial charge on any atom is 0.234 e. The molecule has 6 heteroatoms. The van der Waals surface area contributed by atoms with Crippen molar-refractivity contribution >= 4 is 11.6 Å². The van der Waals surface area contributed by atoms with E-state index in [4.69, 9.17) is 0 Å². The summed E-state index contributed by atoms with van der Waals surface area (Å²) in [6.45, 7) is 3.45. The molecule has 0 saturated heterocycles. The average Bonchev–Trinajstić information content (AvgIpc) is 2.77. The molecule has 0 aliphatic heterocycles. The van der Waals surface area contributed by atoms with E-state index in [1.54, 1.807) is 0 Å². The van der Waals surface area contributed by atoms with Crippen molar-refractivity contribution in [1.82, 2.24) is 25.2 Å². The predicted octanol–water partition coefficient (Wildman–Crippen LogP) is -0.0450. The SMILES string of the molecule is CCNCC(=O)NCc1nnc2ccccn12. The second-order valence-corrected chi connectivity index (χ2v) is 3.60. The molecule has 2 aromatic rings. The Balaban J connectivity index is 1.97. The molecule has 17 heavy (non-hydrogen) atoms. The van der Waals surface area contributed by atoms with Crippen LogP contribution >= 0.6 is 0 Å². The number of fused-ring (bicyclic) bond motifs is 1. The van der Waals surface area contributed by atoms with Gasteiger partial charge >= 0.3 is 0 Å². The van der Waals surface area contributed by atoms with E-state index in [9.17, 15) is 4.79 Å². The molecule has 2 heterocycles. The first kappa shape index (κ1) is 11.5. The van der Waals surface area contributed by atoms with Crippen LogP contribution < -0.4 is 10.6 Å². The van der Waals surface area contributed by atoms with Crippen molar-refractivity contribution in [2.45, 2.75) is 13.5 Å². The Kier molecular flexibility index (Phi) is 3.66. The van der Waals surface area contributed by atoms with Gasteiger partial charge in [0.1, 0.15) is 0 Å². The molecular weight excluding hydrogens is 218 g/mol. The van der Waals surface area contributed by atoms with Gasteiger partial charge in [0, 0.05) is 6.20 Å². The van der Waals surface area contributed by atoms with Gasteiger partial charge in [-0.15, -0.1) is 10.2 Å². The third-order valence-corrected chi connectivity index (χ3v) is 2.36. The summed E-state index contributed by atoms with van der Waals surface area (Å²) in [6, 6.07) is 5.68. The molecule has 2 N–H and O–H groups in total. The lowest BCUT2D eigenvalue weighted by molar-refractivity contribution is -0.120. The molecular formula is C11H15N5O. The average molecular weight is 233 g/mol. The van der Waals surface area contributed by atoms with E-state index < -0.39 is 0 Å². The standard InChI is InChI=1S/C11H15N5O/c1-2-12-8-11(17)13-7-10-15-14-9-5-3-4-6-16(9)10/h3-6,12H,2,7-8H2,1H3,(H,13,17). The molecule has 90 valence electrons. The van der Waals surface area contributed by atoms with E-state index in [0.29, 0.717) is 13.1 Å². The number of likely N-dealkylation sites (N-methyl/N-ethyl adjacent to an activating group) is 1. The highest BCUT2D eigenvalue weighted by Gasteiger charge is 2.05. The first-order valence-corrected chi connectivity index (χ1v) is 5.57. The molecule has 6 nitrogen and oxygen atoms in total. The lowest BCUT2D eigenvalue weighted by Crippen LogP contribution is -2.33. The van der Waals surface area contributed by atoms with Gasteiger partial charge in [-0.2, -0.15) is 0 Å². The zero-order valence-corrected chi connectivity index (χ0v) is 9.68. The number of hydrogen-bond acceptors (Lipinski definition) is 4. The molecule has 2 aromatic heterocycles. The van der Waals surface area contributed by atoms with Crippen LogP contribution in [0.15, 0.2) is 24.4 Å². The number of nitrogens with one attached hydrogen (secondary N) is 2. The lowest BCUT2D eigenvalue weighted by atomic mass is 10.4. The first-order valence-electron chi connectivity index (χ1n) is 5.57. The van der Waals surface area contributed by atoms with Crippen LogP contribution in [0.4, 0.5) is 0 Å². The Bertz CT molecular complexity index is 507. The van der Waals surface area contributed by atoms with Gasteiger partial charge in [0.05, 0.1) is 13.1 Å². The van der Waals surface area contributed by atoms with Gasteiger partial charge < -0.3 is 10.6 Å². The van der Waals surface area contributed by atoms with E-state index in [1.165, 1.54) is 0 Å². The van der Waals surface area contributed by atoms with E-state index in [2.05, 4.69) is 20.8 Å². The van der Waals surface area contributed by atoms with Crippen LogP contribution in [-0.4, -0.2) is 33.6 Å². The Hall–Kier alpha value is -1.95. The van der Waals surface area contributed by atoms with Crippen LogP contribution in [0.5, 0.6) is 0 Å². The number of amides is 1. The third-order valence-electron chi connectivity index (χ3n) is 2.36. The van der Waals surface area contributed by atoms with Gasteiger partial charge in [0.25, 0.3) is 0 Å². The summed E-state index contributed by atoms with van der Waals surface area (Å²) in [4.78, 5) is 11.4. The van der Waals surface area contributed by atoms with E-state index >= 15 is 0 Å². The number of carbonyl (C=O) groups is 1. The molecule has 0 aliphatic rings. The summed E-state index contributed by atoms with van der Waals surface area (Å²) >= 11 is 0. The van der Waals surface area contributed by atoms with Crippen LogP contribution in [0.1, 0.15) is 12.7 Å². The van der Waals surface area contributed by atoms with Crippen molar-refractivity contribution in [2.24, 2.45) is 0 Å². The molecule has 0 aromatic carbocycles. The van der Waals surface area contributed by atoms with Gasteiger partial charge in [-0.25, -0.2) is 0 Å². The van der Waals surface area contributed by atoms with Crippen LogP contribution in [0.3, 0.4) is 0 Å². The number of pyridine rings is 1. The molecule has 0 atom stereocenters. The minimum Gasteiger partial charge on any atom is -0.348 e. The number of nitrogens with zero attached hydrogens (tertiary/aromatic N) is 3. The summed E-state index contributed by atoms with van der Waals surface area (Å²) in [6.07, 6.45) is 1.88. The first-order chi connectivity index (χ1) is 8.31.